The molecule has 0 spiro atoms. The first-order valence-electron chi connectivity index (χ1n) is 7.24. The summed E-state index contributed by atoms with van der Waals surface area (Å²) in [6.45, 7) is 0.311. The summed E-state index contributed by atoms with van der Waals surface area (Å²) < 4.78 is 40.2. The first-order valence-corrected chi connectivity index (χ1v) is 7.24. The van der Waals surface area contributed by atoms with Gasteiger partial charge in [0.25, 0.3) is 0 Å². The minimum atomic E-state index is -4.36. The van der Waals surface area contributed by atoms with Crippen molar-refractivity contribution in [1.82, 2.24) is 0 Å². The van der Waals surface area contributed by atoms with Crippen LogP contribution in [0.25, 0.3) is 0 Å². The minimum absolute atomic E-state index is 0.107. The molecule has 1 aliphatic rings. The molecule has 0 radical (unpaired) electrons. The van der Waals surface area contributed by atoms with Crippen LogP contribution in [0.3, 0.4) is 0 Å². The molecule has 1 heterocycles. The van der Waals surface area contributed by atoms with E-state index in [2.05, 4.69) is 15.0 Å². The molecule has 1 fully saturated rings. The lowest BCUT2D eigenvalue weighted by molar-refractivity contribution is -0.174. The highest BCUT2D eigenvalue weighted by atomic mass is 19.4. The van der Waals surface area contributed by atoms with Crippen LogP contribution in [-0.2, 0) is 9.53 Å². The van der Waals surface area contributed by atoms with E-state index >= 15 is 0 Å². The number of amides is 1. The minimum Gasteiger partial charge on any atom is -0.372 e. The van der Waals surface area contributed by atoms with Crippen LogP contribution in [0, 0.1) is 0 Å². The van der Waals surface area contributed by atoms with Gasteiger partial charge in [-0.2, -0.15) is 13.2 Å². The van der Waals surface area contributed by atoms with Crippen molar-refractivity contribution >= 4 is 17.3 Å². The fourth-order valence-electron chi connectivity index (χ4n) is 2.38. The number of halogens is 3. The van der Waals surface area contributed by atoms with Crippen LogP contribution in [0.4, 0.5) is 24.5 Å². The fourth-order valence-corrected chi connectivity index (χ4v) is 2.38. The maximum Gasteiger partial charge on any atom is 0.411 e. The Morgan fingerprint density at radius 2 is 1.91 bits per heavy atom. The number of hydrogen-bond acceptors (Lipinski definition) is 3. The average molecular weight is 316 g/mol. The Bertz CT molecular complexity index is 500. The summed E-state index contributed by atoms with van der Waals surface area (Å²) in [5, 5.41) is 2.74. The van der Waals surface area contributed by atoms with E-state index in [-0.39, 0.29) is 18.9 Å². The summed E-state index contributed by atoms with van der Waals surface area (Å²) in [4.78, 5) is 14.0. The van der Waals surface area contributed by atoms with Crippen LogP contribution in [0.5, 0.6) is 0 Å². The number of nitrogens with zero attached hydrogens (tertiary/aromatic N) is 1. The van der Waals surface area contributed by atoms with Gasteiger partial charge < -0.3 is 15.0 Å². The number of nitrogens with one attached hydrogen (secondary N) is 1. The second-order valence-electron chi connectivity index (χ2n) is 5.18. The highest BCUT2D eigenvalue weighted by Crippen LogP contribution is 2.28. The first-order chi connectivity index (χ1) is 10.5. The second kappa shape index (κ2) is 7.49. The van der Waals surface area contributed by atoms with E-state index in [0.717, 1.165) is 31.6 Å². The van der Waals surface area contributed by atoms with Crippen molar-refractivity contribution in [3.8, 4) is 0 Å². The van der Waals surface area contributed by atoms with Crippen molar-refractivity contribution in [2.75, 3.05) is 36.5 Å². The normalized spacial score (nSPS) is 15.1. The van der Waals surface area contributed by atoms with E-state index in [0.29, 0.717) is 5.69 Å². The van der Waals surface area contributed by atoms with Crippen molar-refractivity contribution in [2.24, 2.45) is 0 Å². The van der Waals surface area contributed by atoms with E-state index < -0.39 is 12.8 Å². The molecular formula is C15H19F3N2O2. The maximum atomic E-state index is 11.9. The molecule has 1 N–H and O–H groups in total. The molecular weight excluding hydrogens is 297 g/mol. The molecule has 1 saturated heterocycles. The number of para-hydroxylation sites is 2. The molecule has 4 nitrogen and oxygen atoms in total. The van der Waals surface area contributed by atoms with Gasteiger partial charge in [0.1, 0.15) is 6.61 Å². The lowest BCUT2D eigenvalue weighted by Gasteiger charge is -2.21. The third kappa shape index (κ3) is 5.22. The highest BCUT2D eigenvalue weighted by Gasteiger charge is 2.27. The Balaban J connectivity index is 1.84. The van der Waals surface area contributed by atoms with Gasteiger partial charge >= 0.3 is 6.18 Å². The summed E-state index contributed by atoms with van der Waals surface area (Å²) in [6, 6.07) is 7.44. The average Bonchev–Trinajstić information content (AvgIpc) is 2.97. The Labute approximate surface area is 127 Å². The van der Waals surface area contributed by atoms with Crippen molar-refractivity contribution in [2.45, 2.75) is 25.4 Å². The van der Waals surface area contributed by atoms with Crippen LogP contribution in [0.2, 0.25) is 0 Å². The van der Waals surface area contributed by atoms with Gasteiger partial charge in [-0.1, -0.05) is 12.1 Å². The maximum absolute atomic E-state index is 11.9. The van der Waals surface area contributed by atoms with Crippen molar-refractivity contribution in [3.63, 3.8) is 0 Å². The van der Waals surface area contributed by atoms with Gasteiger partial charge in [0.15, 0.2) is 0 Å². The molecule has 0 bridgehead atoms. The molecule has 1 aliphatic heterocycles. The monoisotopic (exact) mass is 316 g/mol. The molecule has 0 unspecified atom stereocenters. The highest BCUT2D eigenvalue weighted by molar-refractivity contribution is 5.94. The molecule has 0 aromatic heterocycles. The van der Waals surface area contributed by atoms with Crippen molar-refractivity contribution < 1.29 is 22.7 Å². The Morgan fingerprint density at radius 3 is 2.59 bits per heavy atom. The third-order valence-electron chi connectivity index (χ3n) is 3.36. The second-order valence-corrected chi connectivity index (χ2v) is 5.18. The number of anilines is 2. The number of ether oxygens (including phenoxy) is 1. The van der Waals surface area contributed by atoms with Crippen molar-refractivity contribution in [1.29, 1.82) is 0 Å². The molecule has 122 valence electrons. The van der Waals surface area contributed by atoms with E-state index in [9.17, 15) is 18.0 Å². The number of benzene rings is 1. The Morgan fingerprint density at radius 1 is 1.23 bits per heavy atom. The number of rotatable bonds is 6. The van der Waals surface area contributed by atoms with Crippen molar-refractivity contribution in [3.05, 3.63) is 24.3 Å². The standard InChI is InChI=1S/C15H19F3N2O2/c16-15(17,18)11-22-10-7-14(21)19-12-5-1-2-6-13(12)20-8-3-4-9-20/h1-2,5-6H,3-4,7-11H2,(H,19,21). The summed E-state index contributed by atoms with van der Waals surface area (Å²) in [6.07, 6.45) is -2.23. The molecule has 1 amide bonds. The predicted octanol–water partition coefficient (Wildman–Crippen LogP) is 3.19. The van der Waals surface area contributed by atoms with Crippen LogP contribution in [-0.4, -0.2) is 38.4 Å². The topological polar surface area (TPSA) is 41.6 Å². The van der Waals surface area contributed by atoms with Crippen LogP contribution in [0.1, 0.15) is 19.3 Å². The number of carbonyl (C=O) groups excluding carboxylic acids is 1. The third-order valence-corrected chi connectivity index (χ3v) is 3.36. The molecule has 0 atom stereocenters. The zero-order valence-electron chi connectivity index (χ0n) is 12.2. The Hall–Kier alpha value is -1.76. The number of hydrogen-bond donors (Lipinski definition) is 1. The number of alkyl halides is 3. The van der Waals surface area contributed by atoms with E-state index in [1.807, 2.05) is 18.2 Å². The van der Waals surface area contributed by atoms with Gasteiger partial charge in [-0.05, 0) is 25.0 Å². The lowest BCUT2D eigenvalue weighted by atomic mass is 10.2. The molecule has 2 rings (SSSR count). The van der Waals surface area contributed by atoms with Crippen LogP contribution < -0.4 is 10.2 Å². The lowest BCUT2D eigenvalue weighted by Crippen LogP contribution is -2.22. The van der Waals surface area contributed by atoms with Gasteiger partial charge in [-0.3, -0.25) is 4.79 Å². The van der Waals surface area contributed by atoms with Gasteiger partial charge in [-0.25, -0.2) is 0 Å². The number of carbonyl (C=O) groups is 1. The van der Waals surface area contributed by atoms with Gasteiger partial charge in [0.05, 0.1) is 24.4 Å². The molecule has 0 saturated carbocycles. The van der Waals surface area contributed by atoms with Gasteiger partial charge in [0.2, 0.25) is 5.91 Å². The zero-order chi connectivity index (χ0) is 16.0. The zero-order valence-corrected chi connectivity index (χ0v) is 12.2. The quantitative estimate of drug-likeness (QED) is 0.820. The molecule has 7 heteroatoms. The molecule has 1 aromatic carbocycles. The van der Waals surface area contributed by atoms with E-state index in [4.69, 9.17) is 0 Å². The first kappa shape index (κ1) is 16.6. The van der Waals surface area contributed by atoms with Gasteiger partial charge in [-0.15, -0.1) is 0 Å². The predicted molar refractivity (Wildman–Crippen MR) is 78.0 cm³/mol. The summed E-state index contributed by atoms with van der Waals surface area (Å²) in [5.41, 5.74) is 1.63. The smallest absolute Gasteiger partial charge is 0.372 e. The summed E-state index contributed by atoms with van der Waals surface area (Å²) >= 11 is 0. The Kier molecular flexibility index (Phi) is 5.65. The van der Waals surface area contributed by atoms with Crippen LogP contribution in [0.15, 0.2) is 24.3 Å². The SMILES string of the molecule is O=C(CCOCC(F)(F)F)Nc1ccccc1N1CCCC1. The summed E-state index contributed by atoms with van der Waals surface area (Å²) in [5.74, 6) is -0.353. The summed E-state index contributed by atoms with van der Waals surface area (Å²) in [7, 11) is 0. The molecule has 22 heavy (non-hydrogen) atoms. The van der Waals surface area contributed by atoms with Crippen LogP contribution >= 0.6 is 0 Å². The molecule has 1 aromatic rings. The van der Waals surface area contributed by atoms with E-state index in [1.165, 1.54) is 0 Å². The van der Waals surface area contributed by atoms with E-state index in [1.54, 1.807) is 6.07 Å². The largest absolute Gasteiger partial charge is 0.411 e. The van der Waals surface area contributed by atoms with Gasteiger partial charge in [0, 0.05) is 13.1 Å². The molecule has 0 aliphatic carbocycles. The fraction of sp³-hybridized carbons (Fsp3) is 0.533.